The van der Waals surface area contributed by atoms with Crippen LogP contribution < -0.4 is 5.73 Å². The summed E-state index contributed by atoms with van der Waals surface area (Å²) >= 11 is 0. The topological polar surface area (TPSA) is 46.3 Å². The summed E-state index contributed by atoms with van der Waals surface area (Å²) in [5, 5.41) is 0. The summed E-state index contributed by atoms with van der Waals surface area (Å²) in [7, 11) is 0. The van der Waals surface area contributed by atoms with Gasteiger partial charge in [-0.25, -0.2) is 0 Å². The van der Waals surface area contributed by atoms with Gasteiger partial charge < -0.3 is 10.6 Å². The minimum Gasteiger partial charge on any atom is -0.342 e. The first-order valence-corrected chi connectivity index (χ1v) is 7.28. The fourth-order valence-corrected chi connectivity index (χ4v) is 2.67. The molecule has 0 bridgehead atoms. The Balaban J connectivity index is 2.48. The van der Waals surface area contributed by atoms with Crippen LogP contribution >= 0.6 is 0 Å². The molecule has 0 aliphatic heterocycles. The van der Waals surface area contributed by atoms with E-state index < -0.39 is 0 Å². The Hall–Kier alpha value is -0.570. The molecule has 0 radical (unpaired) electrons. The van der Waals surface area contributed by atoms with Crippen LogP contribution in [0.3, 0.4) is 0 Å². The van der Waals surface area contributed by atoms with Crippen LogP contribution in [-0.4, -0.2) is 30.4 Å². The maximum absolute atomic E-state index is 12.4. The third-order valence-corrected chi connectivity index (χ3v) is 3.64. The van der Waals surface area contributed by atoms with E-state index in [4.69, 9.17) is 5.73 Å². The molecule has 0 atom stereocenters. The van der Waals surface area contributed by atoms with Crippen LogP contribution in [0.25, 0.3) is 0 Å². The zero-order chi connectivity index (χ0) is 12.5. The fourth-order valence-electron chi connectivity index (χ4n) is 2.67. The second-order valence-corrected chi connectivity index (χ2v) is 5.16. The molecule has 2 N–H and O–H groups in total. The Kier molecular flexibility index (Phi) is 7.25. The lowest BCUT2D eigenvalue weighted by molar-refractivity contribution is -0.136. The number of amides is 1. The maximum atomic E-state index is 12.4. The molecule has 0 aromatic rings. The molecule has 0 spiro atoms. The standard InChI is InChI=1S/C14H28N2O/c1-2-11-16(12-7-10-15)14(17)13-8-5-3-4-6-9-13/h13H,2-12,15H2,1H3. The van der Waals surface area contributed by atoms with Gasteiger partial charge in [-0.2, -0.15) is 0 Å². The van der Waals surface area contributed by atoms with Crippen molar-refractivity contribution in [3.05, 3.63) is 0 Å². The molecule has 1 aliphatic rings. The number of carbonyl (C=O) groups excluding carboxylic acids is 1. The highest BCUT2D eigenvalue weighted by atomic mass is 16.2. The highest BCUT2D eigenvalue weighted by Crippen LogP contribution is 2.24. The van der Waals surface area contributed by atoms with Crippen LogP contribution in [0.1, 0.15) is 58.3 Å². The first-order valence-electron chi connectivity index (χ1n) is 7.28. The van der Waals surface area contributed by atoms with E-state index in [9.17, 15) is 4.79 Å². The molecule has 1 rings (SSSR count). The van der Waals surface area contributed by atoms with Crippen molar-refractivity contribution in [3.63, 3.8) is 0 Å². The number of nitrogens with two attached hydrogens (primary N) is 1. The zero-order valence-corrected chi connectivity index (χ0v) is 11.3. The van der Waals surface area contributed by atoms with Gasteiger partial charge in [-0.15, -0.1) is 0 Å². The van der Waals surface area contributed by atoms with Crippen molar-refractivity contribution < 1.29 is 4.79 Å². The lowest BCUT2D eigenvalue weighted by atomic mass is 9.98. The average molecular weight is 240 g/mol. The van der Waals surface area contributed by atoms with E-state index in [-0.39, 0.29) is 0 Å². The smallest absolute Gasteiger partial charge is 0.225 e. The Morgan fingerprint density at radius 3 is 2.35 bits per heavy atom. The molecule has 1 saturated carbocycles. The molecule has 3 heteroatoms. The molecule has 0 heterocycles. The van der Waals surface area contributed by atoms with Gasteiger partial charge in [0.05, 0.1) is 0 Å². The molecular formula is C14H28N2O. The second-order valence-electron chi connectivity index (χ2n) is 5.16. The first kappa shape index (κ1) is 14.5. The van der Waals surface area contributed by atoms with Crippen molar-refractivity contribution in [2.75, 3.05) is 19.6 Å². The molecule has 1 aliphatic carbocycles. The van der Waals surface area contributed by atoms with Gasteiger partial charge in [-0.1, -0.05) is 32.6 Å². The van der Waals surface area contributed by atoms with Gasteiger partial charge in [-0.3, -0.25) is 4.79 Å². The molecule has 17 heavy (non-hydrogen) atoms. The van der Waals surface area contributed by atoms with Crippen LogP contribution in [0.5, 0.6) is 0 Å². The third kappa shape index (κ3) is 5.07. The summed E-state index contributed by atoms with van der Waals surface area (Å²) in [6.07, 6.45) is 9.24. The highest BCUT2D eigenvalue weighted by molar-refractivity contribution is 5.78. The van der Waals surface area contributed by atoms with E-state index in [1.165, 1.54) is 25.7 Å². The SMILES string of the molecule is CCCN(CCCN)C(=O)C1CCCCCC1. The molecule has 3 nitrogen and oxygen atoms in total. The summed E-state index contributed by atoms with van der Waals surface area (Å²) in [5.74, 6) is 0.684. The lowest BCUT2D eigenvalue weighted by Crippen LogP contribution is -2.38. The predicted molar refractivity (Wildman–Crippen MR) is 71.7 cm³/mol. The Bertz CT molecular complexity index is 210. The predicted octanol–water partition coefficient (Wildman–Crippen LogP) is 2.54. The van der Waals surface area contributed by atoms with E-state index in [0.29, 0.717) is 18.4 Å². The van der Waals surface area contributed by atoms with Crippen molar-refractivity contribution in [1.82, 2.24) is 4.90 Å². The summed E-state index contributed by atoms with van der Waals surface area (Å²) in [6.45, 7) is 4.56. The van der Waals surface area contributed by atoms with E-state index in [1.54, 1.807) is 0 Å². The van der Waals surface area contributed by atoms with Gasteiger partial charge >= 0.3 is 0 Å². The van der Waals surface area contributed by atoms with Crippen LogP contribution in [0.4, 0.5) is 0 Å². The lowest BCUT2D eigenvalue weighted by Gasteiger charge is -2.26. The highest BCUT2D eigenvalue weighted by Gasteiger charge is 2.24. The zero-order valence-electron chi connectivity index (χ0n) is 11.3. The summed E-state index contributed by atoms with van der Waals surface area (Å²) in [5.41, 5.74) is 5.54. The van der Waals surface area contributed by atoms with Crippen molar-refractivity contribution in [2.24, 2.45) is 11.7 Å². The molecular weight excluding hydrogens is 212 g/mol. The second kappa shape index (κ2) is 8.51. The Morgan fingerprint density at radius 2 is 1.82 bits per heavy atom. The van der Waals surface area contributed by atoms with E-state index >= 15 is 0 Å². The largest absolute Gasteiger partial charge is 0.342 e. The molecule has 100 valence electrons. The van der Waals surface area contributed by atoms with Crippen LogP contribution in [-0.2, 0) is 4.79 Å². The minimum absolute atomic E-state index is 0.293. The van der Waals surface area contributed by atoms with Crippen LogP contribution in [0, 0.1) is 5.92 Å². The van der Waals surface area contributed by atoms with Crippen LogP contribution in [0.2, 0.25) is 0 Å². The summed E-state index contributed by atoms with van der Waals surface area (Å²) in [6, 6.07) is 0. The summed E-state index contributed by atoms with van der Waals surface area (Å²) < 4.78 is 0. The van der Waals surface area contributed by atoms with Gasteiger partial charge in [0.15, 0.2) is 0 Å². The van der Waals surface area contributed by atoms with Gasteiger partial charge in [0.2, 0.25) is 5.91 Å². The van der Waals surface area contributed by atoms with Gasteiger partial charge in [0.1, 0.15) is 0 Å². The third-order valence-electron chi connectivity index (χ3n) is 3.64. The van der Waals surface area contributed by atoms with Crippen molar-refractivity contribution in [3.8, 4) is 0 Å². The molecule has 0 aromatic carbocycles. The molecule has 1 fully saturated rings. The van der Waals surface area contributed by atoms with Crippen LogP contribution in [0.15, 0.2) is 0 Å². The Morgan fingerprint density at radius 1 is 1.18 bits per heavy atom. The van der Waals surface area contributed by atoms with E-state index in [2.05, 4.69) is 6.92 Å². The van der Waals surface area contributed by atoms with Gasteiger partial charge in [0, 0.05) is 19.0 Å². The minimum atomic E-state index is 0.293. The van der Waals surface area contributed by atoms with E-state index in [1.807, 2.05) is 4.90 Å². The average Bonchev–Trinajstić information content (AvgIpc) is 2.62. The van der Waals surface area contributed by atoms with Gasteiger partial charge in [-0.05, 0) is 32.2 Å². The monoisotopic (exact) mass is 240 g/mol. The number of carbonyl (C=O) groups is 1. The number of rotatable bonds is 6. The number of hydrogen-bond acceptors (Lipinski definition) is 2. The quantitative estimate of drug-likeness (QED) is 0.725. The first-order chi connectivity index (χ1) is 8.29. The molecule has 1 amide bonds. The number of hydrogen-bond donors (Lipinski definition) is 1. The number of nitrogens with zero attached hydrogens (tertiary/aromatic N) is 1. The molecule has 0 aromatic heterocycles. The van der Waals surface area contributed by atoms with E-state index in [0.717, 1.165) is 38.8 Å². The maximum Gasteiger partial charge on any atom is 0.225 e. The molecule has 0 saturated heterocycles. The van der Waals surface area contributed by atoms with Gasteiger partial charge in [0.25, 0.3) is 0 Å². The van der Waals surface area contributed by atoms with Crippen molar-refractivity contribution in [1.29, 1.82) is 0 Å². The fraction of sp³-hybridized carbons (Fsp3) is 0.929. The Labute approximate surface area is 106 Å². The summed E-state index contributed by atoms with van der Waals surface area (Å²) in [4.78, 5) is 14.5. The van der Waals surface area contributed by atoms with Crippen molar-refractivity contribution >= 4 is 5.91 Å². The van der Waals surface area contributed by atoms with Crippen molar-refractivity contribution in [2.45, 2.75) is 58.3 Å². The normalized spacial score (nSPS) is 17.8. The molecule has 0 unspecified atom stereocenters.